The van der Waals surface area contributed by atoms with E-state index < -0.39 is 0 Å². The van der Waals surface area contributed by atoms with E-state index in [1.54, 1.807) is 6.07 Å². The van der Waals surface area contributed by atoms with E-state index in [0.29, 0.717) is 25.1 Å². The summed E-state index contributed by atoms with van der Waals surface area (Å²) in [5.41, 5.74) is 2.84. The molecule has 4 rings (SSSR count). The van der Waals surface area contributed by atoms with Crippen molar-refractivity contribution in [2.24, 2.45) is 0 Å². The van der Waals surface area contributed by atoms with Crippen LogP contribution in [0.3, 0.4) is 0 Å². The van der Waals surface area contributed by atoms with Gasteiger partial charge in [-0.25, -0.2) is 0 Å². The normalized spacial score (nSPS) is 18.9. The number of carbonyl (C=O) groups is 2. The Morgan fingerprint density at radius 2 is 1.97 bits per heavy atom. The van der Waals surface area contributed by atoms with Crippen LogP contribution in [0.2, 0.25) is 0 Å². The van der Waals surface area contributed by atoms with Crippen LogP contribution in [-0.4, -0.2) is 64.1 Å². The smallest absolute Gasteiger partial charge is 0.253 e. The summed E-state index contributed by atoms with van der Waals surface area (Å²) in [5.74, 6) is -0.0778. The largest absolute Gasteiger partial charge is 0.361 e. The van der Waals surface area contributed by atoms with Gasteiger partial charge in [0.2, 0.25) is 5.91 Å². The monoisotopic (exact) mass is 420 g/mol. The molecule has 0 unspecified atom stereocenters. The lowest BCUT2D eigenvalue weighted by atomic mass is 10.1. The van der Waals surface area contributed by atoms with Crippen LogP contribution in [-0.2, 0) is 11.2 Å². The maximum Gasteiger partial charge on any atom is 0.253 e. The van der Waals surface area contributed by atoms with E-state index in [4.69, 9.17) is 0 Å². The molecule has 8 heteroatoms. The van der Waals surface area contributed by atoms with Gasteiger partial charge in [-0.1, -0.05) is 18.2 Å². The van der Waals surface area contributed by atoms with E-state index in [0.717, 1.165) is 24.8 Å². The molecule has 162 valence electrons. The van der Waals surface area contributed by atoms with Crippen LogP contribution in [0.25, 0.3) is 10.9 Å². The summed E-state index contributed by atoms with van der Waals surface area (Å²) < 4.78 is 0. The quantitative estimate of drug-likeness (QED) is 0.517. The number of aromatic amines is 1. The fourth-order valence-corrected chi connectivity index (χ4v) is 4.28. The highest BCUT2D eigenvalue weighted by molar-refractivity contribution is 5.93. The molecule has 0 spiro atoms. The van der Waals surface area contributed by atoms with E-state index in [-0.39, 0.29) is 23.9 Å². The number of H-pyrrole nitrogens is 1. The molecule has 0 aliphatic carbocycles. The summed E-state index contributed by atoms with van der Waals surface area (Å²) in [7, 11) is 2.03. The minimum atomic E-state index is -0.151. The number of para-hydroxylation sites is 1. The number of benzene rings is 1. The molecule has 1 fully saturated rings. The fourth-order valence-electron chi connectivity index (χ4n) is 4.28. The molecule has 8 nitrogen and oxygen atoms in total. The molecule has 2 atom stereocenters. The van der Waals surface area contributed by atoms with Gasteiger partial charge in [-0.15, -0.1) is 0 Å². The molecule has 3 N–H and O–H groups in total. The number of nitrogens with zero attached hydrogens (tertiary/aromatic N) is 3. The molecular weight excluding hydrogens is 392 g/mol. The zero-order valence-corrected chi connectivity index (χ0v) is 17.7. The number of nitrogens with one attached hydrogen (secondary N) is 3. The van der Waals surface area contributed by atoms with Crippen molar-refractivity contribution in [2.45, 2.75) is 37.8 Å². The predicted molar refractivity (Wildman–Crippen MR) is 119 cm³/mol. The minimum absolute atomic E-state index is 0.0734. The van der Waals surface area contributed by atoms with E-state index in [9.17, 15) is 9.59 Å². The standard InChI is InChI=1S/C23H28N6O2/c1-29-18(6-7-19(29)15-26-23(31)17-9-11-27-28-14-17)12-22(30)24-10-8-16-13-25-21-5-3-2-4-20(16)21/h2-5,9,11,13-14,18-19,25H,6-8,10,12,15H2,1H3,(H,24,30)(H,26,31)/t18-,19+/m1/s1. The molecule has 1 aromatic carbocycles. The molecule has 0 saturated carbocycles. The number of rotatable bonds is 8. The zero-order valence-electron chi connectivity index (χ0n) is 17.7. The average molecular weight is 421 g/mol. The van der Waals surface area contributed by atoms with Crippen LogP contribution in [0.4, 0.5) is 0 Å². The molecule has 0 bridgehead atoms. The minimum Gasteiger partial charge on any atom is -0.361 e. The van der Waals surface area contributed by atoms with Gasteiger partial charge in [-0.3, -0.25) is 14.5 Å². The van der Waals surface area contributed by atoms with Gasteiger partial charge in [0.15, 0.2) is 0 Å². The van der Waals surface area contributed by atoms with Crippen molar-refractivity contribution in [3.8, 4) is 0 Å². The second-order valence-electron chi connectivity index (χ2n) is 8.06. The van der Waals surface area contributed by atoms with Crippen molar-refractivity contribution in [3.63, 3.8) is 0 Å². The fraction of sp³-hybridized carbons (Fsp3) is 0.391. The molecule has 31 heavy (non-hydrogen) atoms. The molecule has 3 aromatic rings. The van der Waals surface area contributed by atoms with Crippen LogP contribution in [0, 0.1) is 0 Å². The number of carbonyl (C=O) groups excluding carboxylic acids is 2. The molecule has 0 radical (unpaired) electrons. The number of aromatic nitrogens is 3. The highest BCUT2D eigenvalue weighted by Gasteiger charge is 2.31. The van der Waals surface area contributed by atoms with Crippen LogP contribution >= 0.6 is 0 Å². The number of hydrogen-bond donors (Lipinski definition) is 3. The Labute approximate surface area is 181 Å². The highest BCUT2D eigenvalue weighted by Crippen LogP contribution is 2.24. The predicted octanol–water partition coefficient (Wildman–Crippen LogP) is 1.90. The Morgan fingerprint density at radius 3 is 2.81 bits per heavy atom. The van der Waals surface area contributed by atoms with Crippen LogP contribution in [0.15, 0.2) is 48.9 Å². The van der Waals surface area contributed by atoms with Crippen molar-refractivity contribution >= 4 is 22.7 Å². The van der Waals surface area contributed by atoms with Crippen LogP contribution in [0.1, 0.15) is 35.2 Å². The van der Waals surface area contributed by atoms with Gasteiger partial charge in [-0.2, -0.15) is 10.2 Å². The summed E-state index contributed by atoms with van der Waals surface area (Å²) in [6, 6.07) is 10.3. The Hall–Kier alpha value is -3.26. The Morgan fingerprint density at radius 1 is 1.13 bits per heavy atom. The van der Waals surface area contributed by atoms with Gasteiger partial charge in [0, 0.05) is 48.7 Å². The van der Waals surface area contributed by atoms with Gasteiger partial charge >= 0.3 is 0 Å². The van der Waals surface area contributed by atoms with Crippen molar-refractivity contribution in [1.82, 2.24) is 30.7 Å². The van der Waals surface area contributed by atoms with E-state index in [1.165, 1.54) is 23.3 Å². The third-order valence-corrected chi connectivity index (χ3v) is 6.14. The summed E-state index contributed by atoms with van der Waals surface area (Å²) in [6.45, 7) is 1.17. The number of amides is 2. The van der Waals surface area contributed by atoms with Crippen molar-refractivity contribution in [2.75, 3.05) is 20.1 Å². The Bertz CT molecular complexity index is 1030. The van der Waals surface area contributed by atoms with Crippen molar-refractivity contribution in [3.05, 3.63) is 60.0 Å². The van der Waals surface area contributed by atoms with Gasteiger partial charge < -0.3 is 15.6 Å². The summed E-state index contributed by atoms with van der Waals surface area (Å²) in [6.07, 6.45) is 8.16. The molecule has 1 saturated heterocycles. The topological polar surface area (TPSA) is 103 Å². The first kappa shape index (κ1) is 21.0. The van der Waals surface area contributed by atoms with Gasteiger partial charge in [0.25, 0.3) is 5.91 Å². The van der Waals surface area contributed by atoms with Crippen LogP contribution < -0.4 is 10.6 Å². The zero-order chi connectivity index (χ0) is 21.6. The molecular formula is C23H28N6O2. The lowest BCUT2D eigenvalue weighted by Gasteiger charge is -2.25. The van der Waals surface area contributed by atoms with Gasteiger partial charge in [0.1, 0.15) is 0 Å². The number of likely N-dealkylation sites (tertiary alicyclic amines) is 1. The molecule has 2 amide bonds. The SMILES string of the molecule is CN1[C@@H](CC(=O)NCCc2c[nH]c3ccccc23)CC[C@H]1CNC(=O)c1ccnnc1. The maximum atomic E-state index is 12.5. The molecule has 3 heterocycles. The molecule has 2 aromatic heterocycles. The number of hydrogen-bond acceptors (Lipinski definition) is 5. The van der Waals surface area contributed by atoms with Crippen molar-refractivity contribution < 1.29 is 9.59 Å². The Balaban J connectivity index is 1.20. The lowest BCUT2D eigenvalue weighted by Crippen LogP contribution is -2.42. The summed E-state index contributed by atoms with van der Waals surface area (Å²) in [5, 5.41) is 14.6. The van der Waals surface area contributed by atoms with E-state index >= 15 is 0 Å². The second kappa shape index (κ2) is 9.70. The molecule has 1 aliphatic rings. The second-order valence-corrected chi connectivity index (χ2v) is 8.06. The number of fused-ring (bicyclic) bond motifs is 1. The average Bonchev–Trinajstić information content (AvgIpc) is 3.36. The number of likely N-dealkylation sites (N-methyl/N-ethyl adjacent to an activating group) is 1. The third kappa shape index (κ3) is 5.08. The Kier molecular flexibility index (Phi) is 6.57. The lowest BCUT2D eigenvalue weighted by molar-refractivity contribution is -0.122. The first-order valence-corrected chi connectivity index (χ1v) is 10.7. The summed E-state index contributed by atoms with van der Waals surface area (Å²) >= 11 is 0. The van der Waals surface area contributed by atoms with Gasteiger partial charge in [0.05, 0.1) is 18.0 Å². The first-order valence-electron chi connectivity index (χ1n) is 10.7. The highest BCUT2D eigenvalue weighted by atomic mass is 16.2. The van der Waals surface area contributed by atoms with E-state index in [2.05, 4.69) is 42.8 Å². The van der Waals surface area contributed by atoms with Gasteiger partial charge in [-0.05, 0) is 44.0 Å². The van der Waals surface area contributed by atoms with Crippen molar-refractivity contribution in [1.29, 1.82) is 0 Å². The van der Waals surface area contributed by atoms with Crippen LogP contribution in [0.5, 0.6) is 0 Å². The summed E-state index contributed by atoms with van der Waals surface area (Å²) in [4.78, 5) is 30.2. The first-order chi connectivity index (χ1) is 15.1. The maximum absolute atomic E-state index is 12.5. The molecule has 1 aliphatic heterocycles. The van der Waals surface area contributed by atoms with E-state index in [1.807, 2.05) is 25.4 Å². The third-order valence-electron chi connectivity index (χ3n) is 6.14.